The van der Waals surface area contributed by atoms with Crippen LogP contribution in [0.15, 0.2) is 152 Å². The van der Waals surface area contributed by atoms with Gasteiger partial charge in [0.15, 0.2) is 5.82 Å². The van der Waals surface area contributed by atoms with Crippen molar-refractivity contribution >= 4 is 53.6 Å². The summed E-state index contributed by atoms with van der Waals surface area (Å²) in [7, 11) is 0. The Hall–Kier alpha value is -5.45. The number of hydrogen-bond acceptors (Lipinski definition) is 4. The van der Waals surface area contributed by atoms with Crippen LogP contribution in [-0.4, -0.2) is 15.0 Å². The number of fused-ring (bicyclic) bond motifs is 4. The Balaban J connectivity index is 1.25. The lowest BCUT2D eigenvalue weighted by atomic mass is 9.82. The van der Waals surface area contributed by atoms with E-state index in [0.717, 1.165) is 46.7 Å². The molecule has 4 aromatic carbocycles. The maximum absolute atomic E-state index is 5.32. The monoisotopic (exact) mass is 621 g/mol. The third-order valence-electron chi connectivity index (χ3n) is 9.40. The molecule has 4 heteroatoms. The standard InChI is InChI=1S/C43H31N3S/c1-3-13-29(14-4-1)38-27-39(30-15-5-2-6-16-30)46-43(45-38)33-25-31(35-20-11-17-28-12-7-8-18-34(28)35)24-32(26-33)36-22-23-44-41-37-19-9-10-21-40(37)47-42(36)41/h1-15,17-25,27,30,32H,16,26H2. The molecule has 2 atom stereocenters. The Morgan fingerprint density at radius 2 is 1.55 bits per heavy atom. The molecule has 0 saturated heterocycles. The maximum Gasteiger partial charge on any atom is 0.156 e. The van der Waals surface area contributed by atoms with Crippen molar-refractivity contribution in [3.8, 4) is 11.3 Å². The Labute approximate surface area is 278 Å². The van der Waals surface area contributed by atoms with Gasteiger partial charge in [-0.15, -0.1) is 11.3 Å². The van der Waals surface area contributed by atoms with E-state index in [-0.39, 0.29) is 11.8 Å². The number of pyridine rings is 1. The smallest absolute Gasteiger partial charge is 0.156 e. The van der Waals surface area contributed by atoms with Crippen molar-refractivity contribution in [2.75, 3.05) is 0 Å². The first-order chi connectivity index (χ1) is 23.3. The van der Waals surface area contributed by atoms with Crippen LogP contribution in [0.4, 0.5) is 0 Å². The van der Waals surface area contributed by atoms with Crippen LogP contribution in [0.5, 0.6) is 0 Å². The number of benzene rings is 4. The normalized spacial score (nSPS) is 17.7. The average molecular weight is 622 g/mol. The molecule has 0 amide bonds. The highest BCUT2D eigenvalue weighted by atomic mass is 32.1. The Morgan fingerprint density at radius 1 is 0.723 bits per heavy atom. The fourth-order valence-corrected chi connectivity index (χ4v) is 8.32. The fourth-order valence-electron chi connectivity index (χ4n) is 7.08. The third-order valence-corrected chi connectivity index (χ3v) is 10.6. The number of aromatic nitrogens is 3. The molecular formula is C43H31N3S. The lowest BCUT2D eigenvalue weighted by Crippen LogP contribution is -2.10. The molecular weight excluding hydrogens is 591 g/mol. The first-order valence-corrected chi connectivity index (χ1v) is 17.0. The highest BCUT2D eigenvalue weighted by Gasteiger charge is 2.25. The van der Waals surface area contributed by atoms with E-state index in [9.17, 15) is 0 Å². The number of thiophene rings is 1. The molecule has 0 aliphatic heterocycles. The highest BCUT2D eigenvalue weighted by Crippen LogP contribution is 2.44. The minimum absolute atomic E-state index is 0.132. The number of hydrogen-bond donors (Lipinski definition) is 0. The van der Waals surface area contributed by atoms with E-state index < -0.39 is 0 Å². The van der Waals surface area contributed by atoms with E-state index in [1.807, 2.05) is 17.5 Å². The summed E-state index contributed by atoms with van der Waals surface area (Å²) >= 11 is 1.84. The molecule has 2 unspecified atom stereocenters. The van der Waals surface area contributed by atoms with Crippen LogP contribution in [0.2, 0.25) is 0 Å². The molecule has 3 aromatic heterocycles. The topological polar surface area (TPSA) is 38.7 Å². The predicted molar refractivity (Wildman–Crippen MR) is 197 cm³/mol. The summed E-state index contributed by atoms with van der Waals surface area (Å²) in [5, 5.41) is 3.70. The van der Waals surface area contributed by atoms with Crippen LogP contribution in [0.1, 0.15) is 47.3 Å². The van der Waals surface area contributed by atoms with Gasteiger partial charge >= 0.3 is 0 Å². The third kappa shape index (κ3) is 5.11. The van der Waals surface area contributed by atoms with Gasteiger partial charge in [0.1, 0.15) is 0 Å². The van der Waals surface area contributed by atoms with Crippen molar-refractivity contribution in [2.45, 2.75) is 24.7 Å². The lowest BCUT2D eigenvalue weighted by Gasteiger charge is -2.24. The summed E-state index contributed by atoms with van der Waals surface area (Å²) in [6.45, 7) is 0. The van der Waals surface area contributed by atoms with E-state index in [2.05, 4.69) is 146 Å². The zero-order chi connectivity index (χ0) is 31.2. The molecule has 9 rings (SSSR count). The molecule has 0 N–H and O–H groups in total. The fraction of sp³-hybridized carbons (Fsp3) is 0.0930. The van der Waals surface area contributed by atoms with Crippen LogP contribution < -0.4 is 0 Å². The van der Waals surface area contributed by atoms with E-state index in [0.29, 0.717) is 0 Å². The van der Waals surface area contributed by atoms with Crippen molar-refractivity contribution in [3.05, 3.63) is 174 Å². The van der Waals surface area contributed by atoms with E-state index in [4.69, 9.17) is 15.0 Å². The molecule has 0 spiro atoms. The molecule has 2 aliphatic rings. The quantitative estimate of drug-likeness (QED) is 0.192. The Kier molecular flexibility index (Phi) is 6.94. The van der Waals surface area contributed by atoms with Crippen molar-refractivity contribution < 1.29 is 0 Å². The molecule has 3 heterocycles. The molecule has 224 valence electrons. The SMILES string of the molecule is C1=CCC(c2cc(-c3ccccc3)nc(C3=CC(c4cccc5ccccc45)=CC(c4ccnc5c4sc4ccccc45)C3)n2)C=C1. The second-order valence-corrected chi connectivity index (χ2v) is 13.4. The van der Waals surface area contributed by atoms with Gasteiger partial charge in [0.05, 0.1) is 21.6 Å². The van der Waals surface area contributed by atoms with Gasteiger partial charge in [-0.05, 0) is 70.2 Å². The van der Waals surface area contributed by atoms with Crippen molar-refractivity contribution in [2.24, 2.45) is 0 Å². The van der Waals surface area contributed by atoms with Gasteiger partial charge in [0, 0.05) is 33.7 Å². The molecule has 2 aliphatic carbocycles. The first kappa shape index (κ1) is 27.8. The molecule has 3 nitrogen and oxygen atoms in total. The van der Waals surface area contributed by atoms with Gasteiger partial charge in [-0.25, -0.2) is 9.97 Å². The van der Waals surface area contributed by atoms with Gasteiger partial charge in [-0.1, -0.05) is 121 Å². The van der Waals surface area contributed by atoms with Crippen LogP contribution >= 0.6 is 11.3 Å². The average Bonchev–Trinajstić information content (AvgIpc) is 3.54. The summed E-state index contributed by atoms with van der Waals surface area (Å²) in [4.78, 5) is 15.5. The predicted octanol–water partition coefficient (Wildman–Crippen LogP) is 11.3. The second kappa shape index (κ2) is 11.7. The van der Waals surface area contributed by atoms with Gasteiger partial charge in [-0.2, -0.15) is 0 Å². The summed E-state index contributed by atoms with van der Waals surface area (Å²) in [5.41, 5.74) is 9.10. The van der Waals surface area contributed by atoms with Crippen LogP contribution in [0.25, 0.3) is 53.5 Å². The van der Waals surface area contributed by atoms with Crippen LogP contribution in [-0.2, 0) is 0 Å². The van der Waals surface area contributed by atoms with Crippen molar-refractivity contribution in [3.63, 3.8) is 0 Å². The summed E-state index contributed by atoms with van der Waals surface area (Å²) in [6.07, 6.45) is 17.3. The molecule has 0 saturated carbocycles. The molecule has 0 bridgehead atoms. The summed E-state index contributed by atoms with van der Waals surface area (Å²) in [6, 6.07) is 38.8. The highest BCUT2D eigenvalue weighted by molar-refractivity contribution is 7.26. The second-order valence-electron chi connectivity index (χ2n) is 12.3. The first-order valence-electron chi connectivity index (χ1n) is 16.2. The van der Waals surface area contributed by atoms with Gasteiger partial charge in [0.25, 0.3) is 0 Å². The lowest BCUT2D eigenvalue weighted by molar-refractivity contribution is 0.798. The number of rotatable bonds is 5. The molecule has 0 fully saturated rings. The van der Waals surface area contributed by atoms with Crippen LogP contribution in [0.3, 0.4) is 0 Å². The zero-order valence-electron chi connectivity index (χ0n) is 25.8. The van der Waals surface area contributed by atoms with Gasteiger partial charge in [0.2, 0.25) is 0 Å². The maximum atomic E-state index is 5.32. The molecule has 47 heavy (non-hydrogen) atoms. The van der Waals surface area contributed by atoms with Crippen molar-refractivity contribution in [1.82, 2.24) is 15.0 Å². The molecule has 7 aromatic rings. The molecule has 0 radical (unpaired) electrons. The van der Waals surface area contributed by atoms with E-state index >= 15 is 0 Å². The van der Waals surface area contributed by atoms with Crippen LogP contribution in [0, 0.1) is 0 Å². The number of allylic oxidation sites excluding steroid dienone is 8. The Bertz CT molecular complexity index is 2420. The minimum atomic E-state index is 0.132. The van der Waals surface area contributed by atoms with Gasteiger partial charge in [-0.3, -0.25) is 4.98 Å². The zero-order valence-corrected chi connectivity index (χ0v) is 26.6. The summed E-state index contributed by atoms with van der Waals surface area (Å²) < 4.78 is 2.53. The Morgan fingerprint density at radius 3 is 2.45 bits per heavy atom. The summed E-state index contributed by atoms with van der Waals surface area (Å²) in [5.74, 6) is 1.16. The van der Waals surface area contributed by atoms with E-state index in [1.165, 1.54) is 42.3 Å². The number of nitrogens with zero attached hydrogens (tertiary/aromatic N) is 3. The minimum Gasteiger partial charge on any atom is -0.255 e. The largest absolute Gasteiger partial charge is 0.255 e. The van der Waals surface area contributed by atoms with Gasteiger partial charge < -0.3 is 0 Å². The van der Waals surface area contributed by atoms with E-state index in [1.54, 1.807) is 0 Å². The van der Waals surface area contributed by atoms with Crippen molar-refractivity contribution in [1.29, 1.82) is 0 Å².